The van der Waals surface area contributed by atoms with Crippen LogP contribution in [0.1, 0.15) is 29.7 Å². The van der Waals surface area contributed by atoms with E-state index in [1.807, 2.05) is 26.0 Å². The predicted molar refractivity (Wildman–Crippen MR) is 81.0 cm³/mol. The lowest BCUT2D eigenvalue weighted by atomic mass is 10.1. The number of anilines is 1. The number of nitro benzene ring substituents is 1. The van der Waals surface area contributed by atoms with Gasteiger partial charge in [-0.15, -0.1) is 0 Å². The lowest BCUT2D eigenvalue weighted by Crippen LogP contribution is -2.08. The molecule has 0 fully saturated rings. The number of nitriles is 1. The largest absolute Gasteiger partial charge is 0.373 e. The zero-order valence-electron chi connectivity index (χ0n) is 11.8. The molecule has 1 N–H and O–H groups in total. The van der Waals surface area contributed by atoms with Crippen LogP contribution in [0, 0.1) is 28.4 Å². The third-order valence-electron chi connectivity index (χ3n) is 3.26. The molecule has 0 saturated heterocycles. The van der Waals surface area contributed by atoms with Crippen molar-refractivity contribution in [2.75, 3.05) is 5.32 Å². The fourth-order valence-corrected chi connectivity index (χ4v) is 2.09. The Morgan fingerprint density at radius 1 is 1.24 bits per heavy atom. The van der Waals surface area contributed by atoms with Crippen molar-refractivity contribution in [2.45, 2.75) is 19.9 Å². The van der Waals surface area contributed by atoms with Gasteiger partial charge in [-0.05, 0) is 43.2 Å². The maximum Gasteiger partial charge on any atom is 0.292 e. The Morgan fingerprint density at radius 3 is 2.48 bits per heavy atom. The number of rotatable bonds is 4. The molecule has 21 heavy (non-hydrogen) atoms. The van der Waals surface area contributed by atoms with Gasteiger partial charge in [-0.2, -0.15) is 5.26 Å². The minimum atomic E-state index is -0.396. The highest BCUT2D eigenvalue weighted by Crippen LogP contribution is 2.29. The molecule has 0 aliphatic carbocycles. The summed E-state index contributed by atoms with van der Waals surface area (Å²) in [4.78, 5) is 10.7. The van der Waals surface area contributed by atoms with Crippen LogP contribution in [0.25, 0.3) is 0 Å². The Bertz CT molecular complexity index is 702. The van der Waals surface area contributed by atoms with Crippen molar-refractivity contribution >= 4 is 11.4 Å². The minimum absolute atomic E-state index is 0.0566. The van der Waals surface area contributed by atoms with Crippen molar-refractivity contribution < 1.29 is 4.92 Å². The van der Waals surface area contributed by atoms with E-state index in [4.69, 9.17) is 5.26 Å². The molecule has 0 amide bonds. The predicted octanol–water partition coefficient (Wildman–Crippen LogP) is 3.95. The van der Waals surface area contributed by atoms with E-state index in [-0.39, 0.29) is 11.7 Å². The van der Waals surface area contributed by atoms with Gasteiger partial charge < -0.3 is 5.32 Å². The normalized spacial score (nSPS) is 11.5. The van der Waals surface area contributed by atoms with E-state index >= 15 is 0 Å². The summed E-state index contributed by atoms with van der Waals surface area (Å²) in [5, 5.41) is 23.0. The molecule has 2 aromatic carbocycles. The second kappa shape index (κ2) is 6.06. The first-order chi connectivity index (χ1) is 10.0. The summed E-state index contributed by atoms with van der Waals surface area (Å²) >= 11 is 0. The van der Waals surface area contributed by atoms with Crippen LogP contribution < -0.4 is 5.32 Å². The van der Waals surface area contributed by atoms with Gasteiger partial charge >= 0.3 is 0 Å². The third kappa shape index (κ3) is 3.37. The fraction of sp³-hybridized carbons (Fsp3) is 0.188. The Morgan fingerprint density at radius 2 is 1.90 bits per heavy atom. The highest BCUT2D eigenvalue weighted by molar-refractivity contribution is 5.63. The summed E-state index contributed by atoms with van der Waals surface area (Å²) in [7, 11) is 0. The molecule has 2 rings (SSSR count). The topological polar surface area (TPSA) is 79.0 Å². The Labute approximate surface area is 123 Å². The van der Waals surface area contributed by atoms with Gasteiger partial charge in [-0.1, -0.05) is 18.2 Å². The molecular formula is C16H15N3O2. The van der Waals surface area contributed by atoms with Crippen molar-refractivity contribution in [1.29, 1.82) is 5.26 Å². The van der Waals surface area contributed by atoms with Gasteiger partial charge in [0.25, 0.3) is 5.69 Å². The summed E-state index contributed by atoms with van der Waals surface area (Å²) in [6, 6.07) is 14.1. The van der Waals surface area contributed by atoms with Crippen LogP contribution in [0.4, 0.5) is 11.4 Å². The second-order valence-corrected chi connectivity index (χ2v) is 4.88. The molecular weight excluding hydrogens is 266 g/mol. The van der Waals surface area contributed by atoms with E-state index < -0.39 is 4.92 Å². The molecule has 0 bridgehead atoms. The van der Waals surface area contributed by atoms with E-state index in [1.165, 1.54) is 6.07 Å². The summed E-state index contributed by atoms with van der Waals surface area (Å²) in [5.41, 5.74) is 3.06. The van der Waals surface area contributed by atoms with E-state index in [0.717, 1.165) is 11.1 Å². The summed E-state index contributed by atoms with van der Waals surface area (Å²) in [6.45, 7) is 3.81. The quantitative estimate of drug-likeness (QED) is 0.679. The summed E-state index contributed by atoms with van der Waals surface area (Å²) in [5.74, 6) is 0. The number of aryl methyl sites for hydroxylation is 1. The molecule has 0 aliphatic rings. The van der Waals surface area contributed by atoms with E-state index in [2.05, 4.69) is 11.4 Å². The first-order valence-corrected chi connectivity index (χ1v) is 6.53. The molecule has 106 valence electrons. The molecule has 5 heteroatoms. The van der Waals surface area contributed by atoms with Gasteiger partial charge in [0, 0.05) is 12.1 Å². The first-order valence-electron chi connectivity index (χ1n) is 6.53. The van der Waals surface area contributed by atoms with E-state index in [0.29, 0.717) is 11.3 Å². The number of hydrogen-bond donors (Lipinski definition) is 1. The van der Waals surface area contributed by atoms with E-state index in [1.54, 1.807) is 24.3 Å². The lowest BCUT2D eigenvalue weighted by Gasteiger charge is -2.16. The zero-order chi connectivity index (χ0) is 15.4. The molecule has 0 aliphatic heterocycles. The monoisotopic (exact) mass is 281 g/mol. The molecule has 0 saturated carbocycles. The standard InChI is InChI=1S/C16H15N3O2/c1-11-3-8-16(19(20)21)15(9-11)18-12(2)14-6-4-13(10-17)5-7-14/h3-9,12,18H,1-2H3. The minimum Gasteiger partial charge on any atom is -0.373 e. The number of nitrogens with zero attached hydrogens (tertiary/aromatic N) is 2. The lowest BCUT2D eigenvalue weighted by molar-refractivity contribution is -0.384. The molecule has 1 unspecified atom stereocenters. The average molecular weight is 281 g/mol. The van der Waals surface area contributed by atoms with Gasteiger partial charge in [0.2, 0.25) is 0 Å². The number of benzene rings is 2. The van der Waals surface area contributed by atoms with Gasteiger partial charge in [0.1, 0.15) is 5.69 Å². The maximum absolute atomic E-state index is 11.1. The van der Waals surface area contributed by atoms with Crippen LogP contribution in [0.2, 0.25) is 0 Å². The second-order valence-electron chi connectivity index (χ2n) is 4.88. The fourth-order valence-electron chi connectivity index (χ4n) is 2.09. The highest BCUT2D eigenvalue weighted by Gasteiger charge is 2.16. The number of nitro groups is 1. The Kier molecular flexibility index (Phi) is 4.19. The molecule has 0 spiro atoms. The zero-order valence-corrected chi connectivity index (χ0v) is 11.8. The molecule has 2 aromatic rings. The van der Waals surface area contributed by atoms with Crippen molar-refractivity contribution in [2.24, 2.45) is 0 Å². The molecule has 0 aromatic heterocycles. The summed E-state index contributed by atoms with van der Waals surface area (Å²) < 4.78 is 0. The van der Waals surface area contributed by atoms with Crippen molar-refractivity contribution in [3.05, 3.63) is 69.3 Å². The molecule has 1 atom stereocenters. The van der Waals surface area contributed by atoms with E-state index in [9.17, 15) is 10.1 Å². The average Bonchev–Trinajstić information content (AvgIpc) is 2.47. The van der Waals surface area contributed by atoms with Crippen LogP contribution in [0.3, 0.4) is 0 Å². The SMILES string of the molecule is Cc1ccc([N+](=O)[O-])c(NC(C)c2ccc(C#N)cc2)c1. The maximum atomic E-state index is 11.1. The van der Waals surface area contributed by atoms with Crippen molar-refractivity contribution in [3.8, 4) is 6.07 Å². The Hall–Kier alpha value is -2.87. The van der Waals surface area contributed by atoms with Crippen LogP contribution in [0.5, 0.6) is 0 Å². The Balaban J connectivity index is 2.26. The number of nitrogens with one attached hydrogen (secondary N) is 1. The third-order valence-corrected chi connectivity index (χ3v) is 3.26. The number of hydrogen-bond acceptors (Lipinski definition) is 4. The van der Waals surface area contributed by atoms with Gasteiger partial charge in [-0.3, -0.25) is 10.1 Å². The first kappa shape index (κ1) is 14.5. The van der Waals surface area contributed by atoms with Crippen LogP contribution >= 0.6 is 0 Å². The van der Waals surface area contributed by atoms with Gasteiger partial charge in [0.15, 0.2) is 0 Å². The van der Waals surface area contributed by atoms with Crippen molar-refractivity contribution in [3.63, 3.8) is 0 Å². The highest BCUT2D eigenvalue weighted by atomic mass is 16.6. The summed E-state index contributed by atoms with van der Waals surface area (Å²) in [6.07, 6.45) is 0. The van der Waals surface area contributed by atoms with Crippen LogP contribution in [0.15, 0.2) is 42.5 Å². The van der Waals surface area contributed by atoms with Crippen molar-refractivity contribution in [1.82, 2.24) is 0 Å². The van der Waals surface area contributed by atoms with Crippen LogP contribution in [-0.2, 0) is 0 Å². The smallest absolute Gasteiger partial charge is 0.292 e. The van der Waals surface area contributed by atoms with Crippen LogP contribution in [-0.4, -0.2) is 4.92 Å². The molecule has 0 heterocycles. The van der Waals surface area contributed by atoms with Gasteiger partial charge in [-0.25, -0.2) is 0 Å². The molecule has 5 nitrogen and oxygen atoms in total. The van der Waals surface area contributed by atoms with Gasteiger partial charge in [0.05, 0.1) is 16.6 Å². The molecule has 0 radical (unpaired) electrons.